The van der Waals surface area contributed by atoms with Crippen molar-refractivity contribution < 1.29 is 58.2 Å². The lowest BCUT2D eigenvalue weighted by Gasteiger charge is -2.32. The van der Waals surface area contributed by atoms with Gasteiger partial charge in [0, 0.05) is 56.3 Å². The summed E-state index contributed by atoms with van der Waals surface area (Å²) in [4.78, 5) is 153. The molecule has 0 aromatic carbocycles. The van der Waals surface area contributed by atoms with Crippen molar-refractivity contribution in [2.24, 2.45) is 40.1 Å². The first kappa shape index (κ1) is 68.7. The lowest BCUT2D eigenvalue weighted by Crippen LogP contribution is -2.61. The summed E-state index contributed by atoms with van der Waals surface area (Å²) in [6.45, 7) is 9.05. The molecule has 2 saturated carbocycles. The molecule has 28 heteroatoms. The minimum atomic E-state index is -1.66. The van der Waals surface area contributed by atoms with E-state index in [2.05, 4.69) is 68.1 Å². The minimum Gasteiger partial charge on any atom is -0.394 e. The Morgan fingerprint density at radius 2 is 1.29 bits per heavy atom. The molecule has 4 fully saturated rings. The Kier molecular flexibility index (Phi) is 26.6. The Morgan fingerprint density at radius 1 is 0.701 bits per heavy atom. The van der Waals surface area contributed by atoms with Gasteiger partial charge in [0.2, 0.25) is 59.1 Å². The average molecular weight is 1220 g/mol. The average Bonchev–Trinajstić information content (AvgIpc) is 2.39. The molecule has 11 atom stereocenters. The van der Waals surface area contributed by atoms with E-state index in [-0.39, 0.29) is 105 Å². The summed E-state index contributed by atoms with van der Waals surface area (Å²) in [6, 6.07) is -10.7. The second kappa shape index (κ2) is 33.7. The summed E-state index contributed by atoms with van der Waals surface area (Å²) in [7, 11) is 0. The molecule has 17 N–H and O–H groups in total. The predicted octanol–water partition coefficient (Wildman–Crippen LogP) is -1.73. The van der Waals surface area contributed by atoms with Gasteiger partial charge in [-0.2, -0.15) is 0 Å². The van der Waals surface area contributed by atoms with E-state index >= 15 is 0 Å². The third-order valence-electron chi connectivity index (χ3n) is 17.0. The lowest BCUT2D eigenvalue weighted by atomic mass is 9.80. The minimum absolute atomic E-state index is 0.00407. The van der Waals surface area contributed by atoms with Crippen molar-refractivity contribution in [1.29, 1.82) is 0 Å². The predicted molar refractivity (Wildman–Crippen MR) is 320 cm³/mol. The monoisotopic (exact) mass is 1220 g/mol. The number of aromatic nitrogens is 2. The SMILES string of the molecule is CCNC(=O)C1CCCN1C(=O)C(CCCN=C(N)N)NC(=O)C(CC(C)C)NC(=O)C(CC(C)C)NC(=O)C(CC1CCC(O)CC1)NC(=O)C(CO)NC(=O)C(CC1=CNC2CCCCC12)NC(=O)C(Cc1cnc[nH]1)NC(=O)C1CCC(=O)N1. The number of aliphatic hydroxyl groups excluding tert-OH is 2. The van der Waals surface area contributed by atoms with Crippen LogP contribution in [0.25, 0.3) is 0 Å². The van der Waals surface area contributed by atoms with Gasteiger partial charge in [-0.1, -0.05) is 40.5 Å². The number of nitrogens with one attached hydrogen (secondary N) is 11. The zero-order valence-corrected chi connectivity index (χ0v) is 51.1. The summed E-state index contributed by atoms with van der Waals surface area (Å²) in [5.74, 6) is -6.96. The van der Waals surface area contributed by atoms with Crippen molar-refractivity contribution in [3.8, 4) is 0 Å². The number of carbonyl (C=O) groups excluding carboxylic acids is 10. The van der Waals surface area contributed by atoms with Crippen molar-refractivity contribution in [2.75, 3.05) is 26.2 Å². The number of hydrogen-bond acceptors (Lipinski definition) is 15. The zero-order chi connectivity index (χ0) is 63.3. The highest BCUT2D eigenvalue weighted by molar-refractivity contribution is 5.99. The third kappa shape index (κ3) is 20.9. The van der Waals surface area contributed by atoms with Gasteiger partial charge in [0.25, 0.3) is 0 Å². The van der Waals surface area contributed by atoms with Crippen molar-refractivity contribution in [1.82, 2.24) is 68.0 Å². The molecule has 3 aliphatic heterocycles. The molecule has 6 rings (SSSR count). The standard InChI is InChI=1S/C59H96N16O12/c1-6-63-57(86)48-14-10-22-75(48)58(87)41(13-9-21-64-59(60)61)68-51(80)42(23-32(2)3)69-52(81)43(24-33(4)5)70-53(82)44(25-34-15-17-37(77)18-16-34)71-56(85)47(30-76)74-54(83)45(26-35-28-65-39-12-8-7-11-38(35)39)72-55(84)46(27-36-29-62-31-66-36)73-50(79)40-19-20-49(78)67-40/h28-29,31-34,37-48,65,76-77H,6-27,30H2,1-5H3,(H,62,66)(H,63,86)(H,67,78)(H,68,80)(H,69,81)(H,70,82)(H,71,85)(H,72,84)(H,73,79)(H,74,83)(H4,60,61,64). The number of carbonyl (C=O) groups is 10. The van der Waals surface area contributed by atoms with E-state index in [0.29, 0.717) is 63.7 Å². The van der Waals surface area contributed by atoms with Gasteiger partial charge < -0.3 is 84.7 Å². The maximum Gasteiger partial charge on any atom is 0.245 e. The van der Waals surface area contributed by atoms with Gasteiger partial charge in [-0.05, 0) is 133 Å². The molecular weight excluding hydrogens is 1120 g/mol. The molecule has 28 nitrogen and oxygen atoms in total. The first-order valence-electron chi connectivity index (χ1n) is 31.3. The fourth-order valence-corrected chi connectivity index (χ4v) is 12.4. The van der Waals surface area contributed by atoms with Gasteiger partial charge in [0.15, 0.2) is 5.96 Å². The molecule has 0 spiro atoms. The van der Waals surface area contributed by atoms with Crippen LogP contribution < -0.4 is 64.6 Å². The summed E-state index contributed by atoms with van der Waals surface area (Å²) in [5.41, 5.74) is 12.5. The van der Waals surface area contributed by atoms with Crippen LogP contribution >= 0.6 is 0 Å². The molecule has 10 amide bonds. The number of fused-ring (bicyclic) bond motifs is 1. The molecule has 1 aromatic heterocycles. The van der Waals surface area contributed by atoms with Crippen molar-refractivity contribution in [3.63, 3.8) is 0 Å². The maximum atomic E-state index is 14.8. The van der Waals surface area contributed by atoms with Crippen LogP contribution in [-0.4, -0.2) is 183 Å². The Labute approximate surface area is 509 Å². The van der Waals surface area contributed by atoms with Gasteiger partial charge in [-0.3, -0.25) is 52.9 Å². The van der Waals surface area contributed by atoms with E-state index in [1.165, 1.54) is 17.4 Å². The van der Waals surface area contributed by atoms with Gasteiger partial charge in [-0.15, -0.1) is 0 Å². The Hall–Kier alpha value is -7.36. The molecule has 2 saturated heterocycles. The number of guanidine groups is 1. The molecule has 87 heavy (non-hydrogen) atoms. The number of likely N-dealkylation sites (N-methyl/N-ethyl adjacent to an activating group) is 1. The smallest absolute Gasteiger partial charge is 0.245 e. The van der Waals surface area contributed by atoms with Gasteiger partial charge >= 0.3 is 0 Å². The molecule has 0 bridgehead atoms. The number of nitrogens with zero attached hydrogens (tertiary/aromatic N) is 3. The van der Waals surface area contributed by atoms with Crippen LogP contribution in [0, 0.1) is 23.7 Å². The van der Waals surface area contributed by atoms with Crippen LogP contribution in [0.1, 0.15) is 156 Å². The number of imidazole rings is 1. The zero-order valence-electron chi connectivity index (χ0n) is 51.1. The first-order valence-corrected chi connectivity index (χ1v) is 31.3. The van der Waals surface area contributed by atoms with E-state index in [4.69, 9.17) is 11.5 Å². The van der Waals surface area contributed by atoms with E-state index < -0.39 is 114 Å². The van der Waals surface area contributed by atoms with Crippen molar-refractivity contribution in [2.45, 2.75) is 223 Å². The number of H-pyrrole nitrogens is 1. The van der Waals surface area contributed by atoms with Crippen LogP contribution in [0.3, 0.4) is 0 Å². The highest BCUT2D eigenvalue weighted by Crippen LogP contribution is 2.36. The van der Waals surface area contributed by atoms with Crippen LogP contribution in [0.4, 0.5) is 0 Å². The highest BCUT2D eigenvalue weighted by Gasteiger charge is 2.41. The highest BCUT2D eigenvalue weighted by atomic mass is 16.3. The molecular formula is C59H96N16O12. The number of aromatic amines is 1. The maximum absolute atomic E-state index is 14.8. The number of aliphatic imine (C=N–C) groups is 1. The topological polar surface area (TPSA) is 428 Å². The van der Waals surface area contributed by atoms with E-state index in [1.807, 2.05) is 33.9 Å². The number of likely N-dealkylation sites (tertiary alicyclic amines) is 1. The Bertz CT molecular complexity index is 2590. The van der Waals surface area contributed by atoms with E-state index in [1.54, 1.807) is 6.92 Å². The number of aliphatic hydroxyl groups is 2. The molecule has 4 heterocycles. The fraction of sp³-hybridized carbons (Fsp3) is 0.729. The lowest BCUT2D eigenvalue weighted by molar-refractivity contribution is -0.142. The fourth-order valence-electron chi connectivity index (χ4n) is 12.4. The molecule has 11 unspecified atom stereocenters. The second-order valence-electron chi connectivity index (χ2n) is 24.8. The van der Waals surface area contributed by atoms with Crippen molar-refractivity contribution >= 4 is 65.0 Å². The summed E-state index contributed by atoms with van der Waals surface area (Å²) < 4.78 is 0. The summed E-state index contributed by atoms with van der Waals surface area (Å²) in [6.07, 6.45) is 11.8. The number of hydrogen-bond donors (Lipinski definition) is 15. The first-order chi connectivity index (χ1) is 41.5. The van der Waals surface area contributed by atoms with Crippen LogP contribution in [0.2, 0.25) is 0 Å². The molecule has 0 radical (unpaired) electrons. The third-order valence-corrected chi connectivity index (χ3v) is 17.0. The van der Waals surface area contributed by atoms with Crippen molar-refractivity contribution in [3.05, 3.63) is 30.0 Å². The summed E-state index contributed by atoms with van der Waals surface area (Å²) in [5, 5.41) is 49.4. The van der Waals surface area contributed by atoms with Crippen LogP contribution in [0.5, 0.6) is 0 Å². The number of amides is 10. The number of nitrogens with two attached hydrogens (primary N) is 2. The van der Waals surface area contributed by atoms with Gasteiger partial charge in [0.05, 0.1) is 19.0 Å². The summed E-state index contributed by atoms with van der Waals surface area (Å²) >= 11 is 0. The quantitative estimate of drug-likeness (QED) is 0.0216. The van der Waals surface area contributed by atoms with E-state index in [9.17, 15) is 58.2 Å². The molecule has 2 aliphatic carbocycles. The van der Waals surface area contributed by atoms with Gasteiger partial charge in [0.1, 0.15) is 54.4 Å². The molecule has 5 aliphatic rings. The molecule has 1 aromatic rings. The molecule has 484 valence electrons. The largest absolute Gasteiger partial charge is 0.394 e. The second-order valence-corrected chi connectivity index (χ2v) is 24.8. The van der Waals surface area contributed by atoms with Crippen LogP contribution in [0.15, 0.2) is 29.3 Å². The van der Waals surface area contributed by atoms with E-state index in [0.717, 1.165) is 31.3 Å². The number of rotatable bonds is 32. The van der Waals surface area contributed by atoms with Crippen LogP contribution in [-0.2, 0) is 54.4 Å². The van der Waals surface area contributed by atoms with Gasteiger partial charge in [-0.25, -0.2) is 4.98 Å². The Morgan fingerprint density at radius 3 is 1.89 bits per heavy atom. The normalized spacial score (nSPS) is 23.2. The Balaban J connectivity index is 1.20.